The zero-order valence-electron chi connectivity index (χ0n) is 9.17. The van der Waals surface area contributed by atoms with E-state index in [0.29, 0.717) is 6.04 Å². The molecule has 0 aromatic carbocycles. The van der Waals surface area contributed by atoms with Gasteiger partial charge in [0.2, 0.25) is 0 Å². The van der Waals surface area contributed by atoms with Crippen LogP contribution in [0.2, 0.25) is 0 Å². The van der Waals surface area contributed by atoms with E-state index < -0.39 is 0 Å². The van der Waals surface area contributed by atoms with Crippen molar-refractivity contribution in [2.24, 2.45) is 0 Å². The van der Waals surface area contributed by atoms with E-state index in [9.17, 15) is 5.11 Å². The Morgan fingerprint density at radius 3 is 2.79 bits per heavy atom. The van der Waals surface area contributed by atoms with Crippen LogP contribution in [0.5, 0.6) is 0 Å². The third-order valence-corrected chi connectivity index (χ3v) is 2.73. The van der Waals surface area contributed by atoms with Crippen LogP contribution in [0.1, 0.15) is 39.0 Å². The third-order valence-electron chi connectivity index (χ3n) is 2.73. The van der Waals surface area contributed by atoms with Gasteiger partial charge in [0.1, 0.15) is 0 Å². The Hall–Kier alpha value is -0.120. The predicted molar refractivity (Wildman–Crippen MR) is 57.4 cm³/mol. The molecule has 0 amide bonds. The quantitative estimate of drug-likeness (QED) is 0.637. The highest BCUT2D eigenvalue weighted by atomic mass is 16.5. The van der Waals surface area contributed by atoms with E-state index in [1.165, 1.54) is 12.8 Å². The summed E-state index contributed by atoms with van der Waals surface area (Å²) in [4.78, 5) is 0. The third kappa shape index (κ3) is 4.40. The molecule has 1 aliphatic carbocycles. The van der Waals surface area contributed by atoms with Crippen molar-refractivity contribution in [2.75, 3.05) is 19.8 Å². The Balaban J connectivity index is 1.99. The van der Waals surface area contributed by atoms with Crippen LogP contribution < -0.4 is 5.32 Å². The molecule has 2 unspecified atom stereocenters. The lowest BCUT2D eigenvalue weighted by Crippen LogP contribution is -2.43. The molecule has 0 aliphatic heterocycles. The minimum atomic E-state index is -0.144. The van der Waals surface area contributed by atoms with Crippen molar-refractivity contribution in [2.45, 2.75) is 51.2 Å². The Morgan fingerprint density at radius 2 is 2.07 bits per heavy atom. The number of hydrogen-bond acceptors (Lipinski definition) is 3. The molecule has 2 N–H and O–H groups in total. The summed E-state index contributed by atoms with van der Waals surface area (Å²) in [5.41, 5.74) is 0. The SMILES string of the molecule is CCCOCCNC1CCCCC1O. The fourth-order valence-electron chi connectivity index (χ4n) is 1.91. The van der Waals surface area contributed by atoms with Crippen LogP contribution in [-0.4, -0.2) is 37.0 Å². The second kappa shape index (κ2) is 7.21. The molecule has 0 radical (unpaired) electrons. The summed E-state index contributed by atoms with van der Waals surface area (Å²) in [6, 6.07) is 0.300. The summed E-state index contributed by atoms with van der Waals surface area (Å²) in [5, 5.41) is 13.0. The molecule has 1 aliphatic rings. The fourth-order valence-corrected chi connectivity index (χ4v) is 1.91. The highest BCUT2D eigenvalue weighted by Crippen LogP contribution is 2.17. The van der Waals surface area contributed by atoms with Gasteiger partial charge in [-0.2, -0.15) is 0 Å². The highest BCUT2D eigenvalue weighted by Gasteiger charge is 2.21. The van der Waals surface area contributed by atoms with Crippen LogP contribution >= 0.6 is 0 Å². The zero-order valence-corrected chi connectivity index (χ0v) is 9.17. The molecule has 0 aromatic rings. The highest BCUT2D eigenvalue weighted by molar-refractivity contribution is 4.79. The van der Waals surface area contributed by atoms with Crippen molar-refractivity contribution in [3.63, 3.8) is 0 Å². The van der Waals surface area contributed by atoms with Crippen molar-refractivity contribution in [1.29, 1.82) is 0 Å². The second-order valence-electron chi connectivity index (χ2n) is 4.02. The molecule has 1 fully saturated rings. The first-order valence-electron chi connectivity index (χ1n) is 5.83. The number of ether oxygens (including phenoxy) is 1. The van der Waals surface area contributed by atoms with Crippen molar-refractivity contribution in [3.05, 3.63) is 0 Å². The topological polar surface area (TPSA) is 41.5 Å². The van der Waals surface area contributed by atoms with Crippen LogP contribution in [0.25, 0.3) is 0 Å². The molecule has 0 saturated heterocycles. The van der Waals surface area contributed by atoms with Gasteiger partial charge in [-0.25, -0.2) is 0 Å². The average Bonchev–Trinajstić information content (AvgIpc) is 2.20. The first-order chi connectivity index (χ1) is 6.84. The van der Waals surface area contributed by atoms with Gasteiger partial charge >= 0.3 is 0 Å². The van der Waals surface area contributed by atoms with E-state index >= 15 is 0 Å². The average molecular weight is 201 g/mol. The van der Waals surface area contributed by atoms with Gasteiger partial charge in [-0.1, -0.05) is 19.8 Å². The van der Waals surface area contributed by atoms with Gasteiger partial charge in [0.25, 0.3) is 0 Å². The van der Waals surface area contributed by atoms with E-state index in [2.05, 4.69) is 12.2 Å². The molecule has 1 rings (SSSR count). The van der Waals surface area contributed by atoms with Crippen LogP contribution in [0.15, 0.2) is 0 Å². The Labute approximate surface area is 86.8 Å². The molecule has 0 heterocycles. The minimum Gasteiger partial charge on any atom is -0.392 e. The van der Waals surface area contributed by atoms with Gasteiger partial charge in [-0.3, -0.25) is 0 Å². The first kappa shape index (κ1) is 12.0. The Morgan fingerprint density at radius 1 is 1.29 bits per heavy atom. The monoisotopic (exact) mass is 201 g/mol. The van der Waals surface area contributed by atoms with Crippen molar-refractivity contribution < 1.29 is 9.84 Å². The zero-order chi connectivity index (χ0) is 10.2. The maximum Gasteiger partial charge on any atom is 0.0693 e. The van der Waals surface area contributed by atoms with Gasteiger partial charge in [0.15, 0.2) is 0 Å². The smallest absolute Gasteiger partial charge is 0.0693 e. The van der Waals surface area contributed by atoms with Crippen molar-refractivity contribution >= 4 is 0 Å². The lowest BCUT2D eigenvalue weighted by atomic mass is 9.93. The molecule has 0 spiro atoms. The molecule has 3 heteroatoms. The molecular formula is C11H23NO2. The van der Waals surface area contributed by atoms with E-state index in [1.54, 1.807) is 0 Å². The molecule has 0 aromatic heterocycles. The van der Waals surface area contributed by atoms with Crippen LogP contribution in [0.3, 0.4) is 0 Å². The van der Waals surface area contributed by atoms with Gasteiger partial charge in [0, 0.05) is 19.2 Å². The minimum absolute atomic E-state index is 0.144. The van der Waals surface area contributed by atoms with E-state index in [4.69, 9.17) is 4.74 Å². The molecule has 2 atom stereocenters. The van der Waals surface area contributed by atoms with E-state index in [1.807, 2.05) is 0 Å². The largest absolute Gasteiger partial charge is 0.392 e. The maximum absolute atomic E-state index is 9.67. The van der Waals surface area contributed by atoms with Gasteiger partial charge in [-0.15, -0.1) is 0 Å². The van der Waals surface area contributed by atoms with Gasteiger partial charge in [0.05, 0.1) is 12.7 Å². The lowest BCUT2D eigenvalue weighted by molar-refractivity contribution is 0.0803. The number of aliphatic hydroxyl groups excluding tert-OH is 1. The normalized spacial score (nSPS) is 27.9. The number of hydrogen-bond donors (Lipinski definition) is 2. The number of nitrogens with one attached hydrogen (secondary N) is 1. The van der Waals surface area contributed by atoms with Crippen LogP contribution in [-0.2, 0) is 4.74 Å². The molecule has 84 valence electrons. The maximum atomic E-state index is 9.67. The number of aliphatic hydroxyl groups is 1. The first-order valence-corrected chi connectivity index (χ1v) is 5.83. The van der Waals surface area contributed by atoms with Crippen molar-refractivity contribution in [1.82, 2.24) is 5.32 Å². The summed E-state index contributed by atoms with van der Waals surface area (Å²) in [5.74, 6) is 0. The summed E-state index contributed by atoms with van der Waals surface area (Å²) < 4.78 is 5.36. The van der Waals surface area contributed by atoms with Gasteiger partial charge in [-0.05, 0) is 19.3 Å². The van der Waals surface area contributed by atoms with Crippen molar-refractivity contribution in [3.8, 4) is 0 Å². The molecule has 1 saturated carbocycles. The Bertz CT molecular complexity index is 141. The van der Waals surface area contributed by atoms with E-state index in [0.717, 1.165) is 39.0 Å². The van der Waals surface area contributed by atoms with Gasteiger partial charge < -0.3 is 15.2 Å². The molecule has 0 bridgehead atoms. The standard InChI is InChI=1S/C11H23NO2/c1-2-8-14-9-7-12-10-5-3-4-6-11(10)13/h10-13H,2-9H2,1H3. The predicted octanol–water partition coefficient (Wildman–Crippen LogP) is 1.31. The molecule has 3 nitrogen and oxygen atoms in total. The fraction of sp³-hybridized carbons (Fsp3) is 1.00. The summed E-state index contributed by atoms with van der Waals surface area (Å²) in [6.07, 6.45) is 5.40. The summed E-state index contributed by atoms with van der Waals surface area (Å²) in [7, 11) is 0. The summed E-state index contributed by atoms with van der Waals surface area (Å²) >= 11 is 0. The summed E-state index contributed by atoms with van der Waals surface area (Å²) in [6.45, 7) is 4.58. The van der Waals surface area contributed by atoms with Crippen LogP contribution in [0, 0.1) is 0 Å². The Kier molecular flexibility index (Phi) is 6.15. The molecule has 14 heavy (non-hydrogen) atoms. The van der Waals surface area contributed by atoms with E-state index in [-0.39, 0.29) is 6.10 Å². The lowest BCUT2D eigenvalue weighted by Gasteiger charge is -2.28. The number of rotatable bonds is 6. The second-order valence-corrected chi connectivity index (χ2v) is 4.02. The molecular weight excluding hydrogens is 178 g/mol. The van der Waals surface area contributed by atoms with Crippen LogP contribution in [0.4, 0.5) is 0 Å².